The number of pyridine rings is 2. The van der Waals surface area contributed by atoms with Crippen LogP contribution < -0.4 is 21.3 Å². The van der Waals surface area contributed by atoms with Crippen molar-refractivity contribution in [2.24, 2.45) is 5.73 Å². The molecule has 0 unspecified atom stereocenters. The highest BCUT2D eigenvalue weighted by atomic mass is 16.5. The molecule has 128 valence electrons. The highest BCUT2D eigenvalue weighted by molar-refractivity contribution is 5.95. The van der Waals surface area contributed by atoms with Crippen molar-refractivity contribution >= 4 is 17.4 Å². The lowest BCUT2D eigenvalue weighted by atomic mass is 10.2. The number of rotatable bonds is 8. The van der Waals surface area contributed by atoms with Crippen LogP contribution in [0.2, 0.25) is 0 Å². The Morgan fingerprint density at radius 1 is 1.29 bits per heavy atom. The zero-order valence-electron chi connectivity index (χ0n) is 13.0. The molecule has 0 radical (unpaired) electrons. The molecule has 4 N–H and O–H groups in total. The number of ether oxygens (including phenoxy) is 1. The number of nitrogens with one attached hydrogen (secondary N) is 1. The van der Waals surface area contributed by atoms with Gasteiger partial charge < -0.3 is 20.9 Å². The van der Waals surface area contributed by atoms with E-state index in [1.165, 1.54) is 10.5 Å². The largest absolute Gasteiger partial charge is 0.492 e. The third-order valence-corrected chi connectivity index (χ3v) is 3.28. The van der Waals surface area contributed by atoms with Crippen LogP contribution in [-0.2, 0) is 4.79 Å². The lowest BCUT2D eigenvalue weighted by Crippen LogP contribution is -2.27. The number of hydrogen-bond donors (Lipinski definition) is 3. The van der Waals surface area contributed by atoms with Gasteiger partial charge in [-0.25, -0.2) is 0 Å². The van der Waals surface area contributed by atoms with Crippen LogP contribution in [0.4, 0.5) is 0 Å². The number of amides is 1. The van der Waals surface area contributed by atoms with Crippen LogP contribution in [0.15, 0.2) is 35.3 Å². The molecule has 0 bridgehead atoms. The number of fused-ring (bicyclic) bond motifs is 1. The van der Waals surface area contributed by atoms with E-state index in [0.717, 1.165) is 0 Å². The molecule has 8 nitrogen and oxygen atoms in total. The minimum absolute atomic E-state index is 0.00145. The van der Waals surface area contributed by atoms with Crippen LogP contribution in [-0.4, -0.2) is 41.1 Å². The highest BCUT2D eigenvalue weighted by Gasteiger charge is 2.10. The fourth-order valence-corrected chi connectivity index (χ4v) is 2.08. The molecule has 0 saturated carbocycles. The molecule has 2 rings (SSSR count). The Hall–Kier alpha value is -2.87. The van der Waals surface area contributed by atoms with Gasteiger partial charge in [0.2, 0.25) is 0 Å². The normalized spacial score (nSPS) is 10.5. The van der Waals surface area contributed by atoms with E-state index in [2.05, 4.69) is 5.32 Å². The number of carboxylic acid groups (broad SMARTS) is 1. The van der Waals surface area contributed by atoms with Gasteiger partial charge in [-0.15, -0.1) is 0 Å². The number of carbonyl (C=O) groups excluding carboxylic acids is 1. The minimum atomic E-state index is -1.00. The van der Waals surface area contributed by atoms with Crippen LogP contribution in [0.3, 0.4) is 0 Å². The summed E-state index contributed by atoms with van der Waals surface area (Å²) in [4.78, 5) is 34.6. The van der Waals surface area contributed by atoms with Crippen molar-refractivity contribution in [1.29, 1.82) is 0 Å². The molecule has 24 heavy (non-hydrogen) atoms. The van der Waals surface area contributed by atoms with E-state index in [0.29, 0.717) is 30.8 Å². The van der Waals surface area contributed by atoms with Crippen LogP contribution in [0, 0.1) is 0 Å². The lowest BCUT2D eigenvalue weighted by molar-refractivity contribution is -0.136. The summed E-state index contributed by atoms with van der Waals surface area (Å²) in [7, 11) is 0. The van der Waals surface area contributed by atoms with Crippen LogP contribution in [0.1, 0.15) is 23.2 Å². The summed E-state index contributed by atoms with van der Waals surface area (Å²) in [6, 6.07) is 6.14. The summed E-state index contributed by atoms with van der Waals surface area (Å²) in [5, 5.41) is 11.0. The number of carboxylic acids is 1. The minimum Gasteiger partial charge on any atom is -0.492 e. The van der Waals surface area contributed by atoms with Crippen LogP contribution in [0.25, 0.3) is 5.52 Å². The summed E-state index contributed by atoms with van der Waals surface area (Å²) in [5.74, 6) is -0.952. The molecule has 0 saturated heterocycles. The topological polar surface area (TPSA) is 123 Å². The summed E-state index contributed by atoms with van der Waals surface area (Å²) >= 11 is 0. The van der Waals surface area contributed by atoms with Crippen molar-refractivity contribution in [3.63, 3.8) is 0 Å². The standard InChI is InChI=1S/C16H19N3O5/c17-5-1-7-24-13-3-2-12-8-11(9-14(20)19(12)10-13)16(23)18-6-4-15(21)22/h2-3,8-10H,1,4-7,17H2,(H,18,23)(H,21,22). The molecule has 1 amide bonds. The molecule has 2 aromatic rings. The first-order chi connectivity index (χ1) is 11.5. The second-order valence-electron chi connectivity index (χ2n) is 5.13. The molecule has 0 aromatic carbocycles. The van der Waals surface area contributed by atoms with Gasteiger partial charge in [0, 0.05) is 23.7 Å². The molecule has 0 fully saturated rings. The summed E-state index contributed by atoms with van der Waals surface area (Å²) < 4.78 is 6.87. The molecular formula is C16H19N3O5. The fourth-order valence-electron chi connectivity index (χ4n) is 2.08. The number of aromatic nitrogens is 1. The van der Waals surface area contributed by atoms with Crippen molar-refractivity contribution in [3.8, 4) is 5.75 Å². The number of carbonyl (C=O) groups is 2. The van der Waals surface area contributed by atoms with E-state index in [1.807, 2.05) is 0 Å². The maximum atomic E-state index is 12.2. The third-order valence-electron chi connectivity index (χ3n) is 3.28. The zero-order chi connectivity index (χ0) is 17.5. The van der Waals surface area contributed by atoms with Crippen LogP contribution in [0.5, 0.6) is 5.75 Å². The van der Waals surface area contributed by atoms with E-state index in [1.54, 1.807) is 24.4 Å². The Kier molecular flexibility index (Phi) is 5.91. The number of nitrogens with zero attached hydrogens (tertiary/aromatic N) is 1. The molecular weight excluding hydrogens is 314 g/mol. The lowest BCUT2D eigenvalue weighted by Gasteiger charge is -2.09. The Bertz CT molecular complexity index is 800. The number of nitrogens with two attached hydrogens (primary N) is 1. The van der Waals surface area contributed by atoms with E-state index < -0.39 is 11.9 Å². The predicted molar refractivity (Wildman–Crippen MR) is 87.4 cm³/mol. The quantitative estimate of drug-likeness (QED) is 0.594. The van der Waals surface area contributed by atoms with Gasteiger partial charge in [0.1, 0.15) is 5.75 Å². The van der Waals surface area contributed by atoms with Gasteiger partial charge in [-0.1, -0.05) is 0 Å². The predicted octanol–water partition coefficient (Wildman–Crippen LogP) is 0.232. The first-order valence-corrected chi connectivity index (χ1v) is 7.50. The van der Waals surface area contributed by atoms with Gasteiger partial charge in [-0.05, 0) is 31.2 Å². The van der Waals surface area contributed by atoms with Gasteiger partial charge in [-0.2, -0.15) is 0 Å². The van der Waals surface area contributed by atoms with Crippen molar-refractivity contribution in [2.45, 2.75) is 12.8 Å². The van der Waals surface area contributed by atoms with Gasteiger partial charge in [0.05, 0.1) is 19.2 Å². The SMILES string of the molecule is NCCCOc1ccc2cc(C(=O)NCCC(=O)O)cc(=O)n2c1. The van der Waals surface area contributed by atoms with E-state index in [-0.39, 0.29) is 24.1 Å². The molecule has 2 aromatic heterocycles. The fraction of sp³-hybridized carbons (Fsp3) is 0.312. The Labute approximate surface area is 137 Å². The average molecular weight is 333 g/mol. The van der Waals surface area contributed by atoms with Gasteiger partial charge >= 0.3 is 5.97 Å². The maximum Gasteiger partial charge on any atom is 0.305 e. The molecule has 0 aliphatic carbocycles. The first kappa shape index (κ1) is 17.5. The highest BCUT2D eigenvalue weighted by Crippen LogP contribution is 2.13. The number of aliphatic carboxylic acids is 1. The molecule has 2 heterocycles. The number of hydrogen-bond acceptors (Lipinski definition) is 5. The average Bonchev–Trinajstić information content (AvgIpc) is 2.55. The van der Waals surface area contributed by atoms with Crippen molar-refractivity contribution in [2.75, 3.05) is 19.7 Å². The Morgan fingerprint density at radius 3 is 2.79 bits per heavy atom. The second-order valence-corrected chi connectivity index (χ2v) is 5.13. The summed E-state index contributed by atoms with van der Waals surface area (Å²) in [5.41, 5.74) is 5.74. The van der Waals surface area contributed by atoms with Gasteiger partial charge in [0.15, 0.2) is 0 Å². The Balaban J connectivity index is 2.17. The summed E-state index contributed by atoms with van der Waals surface area (Å²) in [6.45, 7) is 0.982. The van der Waals surface area contributed by atoms with Crippen molar-refractivity contribution in [1.82, 2.24) is 9.72 Å². The first-order valence-electron chi connectivity index (χ1n) is 7.50. The maximum absolute atomic E-state index is 12.2. The third kappa shape index (κ3) is 4.56. The van der Waals surface area contributed by atoms with Gasteiger partial charge in [-0.3, -0.25) is 18.8 Å². The molecule has 0 atom stereocenters. The van der Waals surface area contributed by atoms with Gasteiger partial charge in [0.25, 0.3) is 11.5 Å². The van der Waals surface area contributed by atoms with E-state index in [9.17, 15) is 14.4 Å². The monoisotopic (exact) mass is 333 g/mol. The van der Waals surface area contributed by atoms with E-state index in [4.69, 9.17) is 15.6 Å². The van der Waals surface area contributed by atoms with Crippen molar-refractivity contribution in [3.05, 3.63) is 46.4 Å². The molecule has 0 spiro atoms. The molecule has 0 aliphatic heterocycles. The smallest absolute Gasteiger partial charge is 0.305 e. The van der Waals surface area contributed by atoms with Crippen LogP contribution >= 0.6 is 0 Å². The zero-order valence-corrected chi connectivity index (χ0v) is 13.0. The Morgan fingerprint density at radius 2 is 2.08 bits per heavy atom. The molecule has 0 aliphatic rings. The van der Waals surface area contributed by atoms with Crippen molar-refractivity contribution < 1.29 is 19.4 Å². The summed E-state index contributed by atoms with van der Waals surface area (Å²) in [6.07, 6.45) is 2.09. The van der Waals surface area contributed by atoms with E-state index >= 15 is 0 Å². The molecule has 8 heteroatoms. The second kappa shape index (κ2) is 8.11.